The lowest BCUT2D eigenvalue weighted by molar-refractivity contribution is -0.127. The van der Waals surface area contributed by atoms with Crippen LogP contribution >= 0.6 is 0 Å². The Morgan fingerprint density at radius 3 is 2.25 bits per heavy atom. The SMILES string of the molecule is CC(=O)Nc1ccc(O[C@H](C)C(=O)NCc2ccc(C)cc2)cc1. The zero-order chi connectivity index (χ0) is 17.5. The van der Waals surface area contributed by atoms with E-state index in [9.17, 15) is 9.59 Å². The van der Waals surface area contributed by atoms with Crippen LogP contribution in [-0.4, -0.2) is 17.9 Å². The Balaban J connectivity index is 1.84. The lowest BCUT2D eigenvalue weighted by atomic mass is 10.1. The highest BCUT2D eigenvalue weighted by Gasteiger charge is 2.14. The van der Waals surface area contributed by atoms with Crippen LogP contribution in [0.2, 0.25) is 0 Å². The Morgan fingerprint density at radius 1 is 1.04 bits per heavy atom. The van der Waals surface area contributed by atoms with E-state index in [2.05, 4.69) is 10.6 Å². The van der Waals surface area contributed by atoms with Crippen molar-refractivity contribution < 1.29 is 14.3 Å². The molecule has 0 spiro atoms. The maximum atomic E-state index is 12.1. The second-order valence-corrected chi connectivity index (χ2v) is 5.67. The van der Waals surface area contributed by atoms with Gasteiger partial charge in [-0.15, -0.1) is 0 Å². The molecule has 1 atom stereocenters. The fraction of sp³-hybridized carbons (Fsp3) is 0.263. The van der Waals surface area contributed by atoms with Crippen LogP contribution in [0.1, 0.15) is 25.0 Å². The fourth-order valence-electron chi connectivity index (χ4n) is 2.12. The van der Waals surface area contributed by atoms with E-state index >= 15 is 0 Å². The van der Waals surface area contributed by atoms with Gasteiger partial charge < -0.3 is 15.4 Å². The molecule has 0 aliphatic heterocycles. The molecule has 126 valence electrons. The number of carbonyl (C=O) groups excluding carboxylic acids is 2. The molecule has 0 heterocycles. The van der Waals surface area contributed by atoms with Gasteiger partial charge in [-0.3, -0.25) is 9.59 Å². The molecule has 2 amide bonds. The van der Waals surface area contributed by atoms with Crippen LogP contribution in [-0.2, 0) is 16.1 Å². The van der Waals surface area contributed by atoms with E-state index in [1.165, 1.54) is 12.5 Å². The van der Waals surface area contributed by atoms with Crippen molar-refractivity contribution in [2.45, 2.75) is 33.4 Å². The number of hydrogen-bond acceptors (Lipinski definition) is 3. The average Bonchev–Trinajstić information content (AvgIpc) is 2.55. The first kappa shape index (κ1) is 17.5. The minimum atomic E-state index is -0.609. The second-order valence-electron chi connectivity index (χ2n) is 5.67. The van der Waals surface area contributed by atoms with Gasteiger partial charge in [0.2, 0.25) is 5.91 Å². The molecule has 0 radical (unpaired) electrons. The number of rotatable bonds is 6. The van der Waals surface area contributed by atoms with Crippen LogP contribution < -0.4 is 15.4 Å². The smallest absolute Gasteiger partial charge is 0.261 e. The maximum Gasteiger partial charge on any atom is 0.261 e. The van der Waals surface area contributed by atoms with E-state index < -0.39 is 6.10 Å². The summed E-state index contributed by atoms with van der Waals surface area (Å²) in [6.07, 6.45) is -0.609. The summed E-state index contributed by atoms with van der Waals surface area (Å²) in [5.41, 5.74) is 2.91. The summed E-state index contributed by atoms with van der Waals surface area (Å²) in [4.78, 5) is 23.1. The molecule has 0 aliphatic rings. The van der Waals surface area contributed by atoms with E-state index in [1.54, 1.807) is 31.2 Å². The molecule has 0 fully saturated rings. The Hall–Kier alpha value is -2.82. The lowest BCUT2D eigenvalue weighted by Crippen LogP contribution is -2.35. The molecule has 5 heteroatoms. The van der Waals surface area contributed by atoms with Crippen LogP contribution in [0.5, 0.6) is 5.75 Å². The standard InChI is InChI=1S/C19H22N2O3/c1-13-4-6-16(7-5-13)12-20-19(23)14(2)24-18-10-8-17(9-11-18)21-15(3)22/h4-11,14H,12H2,1-3H3,(H,20,23)(H,21,22)/t14-/m1/s1. The third-order valence-corrected chi connectivity index (χ3v) is 3.44. The van der Waals surface area contributed by atoms with Gasteiger partial charge >= 0.3 is 0 Å². The Bertz CT molecular complexity index is 694. The quantitative estimate of drug-likeness (QED) is 0.857. The van der Waals surface area contributed by atoms with Crippen LogP contribution in [0.15, 0.2) is 48.5 Å². The number of ether oxygens (including phenoxy) is 1. The summed E-state index contributed by atoms with van der Waals surface area (Å²) in [6, 6.07) is 14.9. The molecular formula is C19H22N2O3. The first-order valence-corrected chi connectivity index (χ1v) is 7.81. The predicted octanol–water partition coefficient (Wildman–Crippen LogP) is 3.04. The minimum absolute atomic E-state index is 0.132. The van der Waals surface area contributed by atoms with Gasteiger partial charge in [0, 0.05) is 19.2 Å². The minimum Gasteiger partial charge on any atom is -0.481 e. The van der Waals surface area contributed by atoms with E-state index in [1.807, 2.05) is 31.2 Å². The molecule has 2 rings (SSSR count). The van der Waals surface area contributed by atoms with Crippen LogP contribution in [0, 0.1) is 6.92 Å². The summed E-state index contributed by atoms with van der Waals surface area (Å²) in [7, 11) is 0. The average molecular weight is 326 g/mol. The van der Waals surface area contributed by atoms with Crippen molar-refractivity contribution in [3.8, 4) is 5.75 Å². The van der Waals surface area contributed by atoms with E-state index in [0.717, 1.165) is 5.56 Å². The van der Waals surface area contributed by atoms with Gasteiger partial charge in [0.25, 0.3) is 5.91 Å². The van der Waals surface area contributed by atoms with Gasteiger partial charge in [-0.25, -0.2) is 0 Å². The monoisotopic (exact) mass is 326 g/mol. The van der Waals surface area contributed by atoms with Crippen LogP contribution in [0.3, 0.4) is 0 Å². The third-order valence-electron chi connectivity index (χ3n) is 3.44. The van der Waals surface area contributed by atoms with Crippen molar-refractivity contribution in [3.05, 3.63) is 59.7 Å². The number of nitrogens with one attached hydrogen (secondary N) is 2. The molecule has 0 aliphatic carbocycles. The molecule has 0 bridgehead atoms. The van der Waals surface area contributed by atoms with Gasteiger partial charge in [0.05, 0.1) is 0 Å². The highest BCUT2D eigenvalue weighted by molar-refractivity contribution is 5.88. The topological polar surface area (TPSA) is 67.4 Å². The lowest BCUT2D eigenvalue weighted by Gasteiger charge is -2.15. The molecule has 0 aromatic heterocycles. The van der Waals surface area contributed by atoms with Crippen molar-refractivity contribution in [2.75, 3.05) is 5.32 Å². The number of anilines is 1. The van der Waals surface area contributed by atoms with Crippen molar-refractivity contribution in [2.24, 2.45) is 0 Å². The molecule has 0 saturated carbocycles. The first-order chi connectivity index (χ1) is 11.4. The van der Waals surface area contributed by atoms with Gasteiger partial charge in [0.1, 0.15) is 5.75 Å². The third kappa shape index (κ3) is 5.43. The Kier molecular flexibility index (Phi) is 5.95. The molecule has 0 unspecified atom stereocenters. The fourth-order valence-corrected chi connectivity index (χ4v) is 2.12. The maximum absolute atomic E-state index is 12.1. The zero-order valence-electron chi connectivity index (χ0n) is 14.1. The predicted molar refractivity (Wildman–Crippen MR) is 93.9 cm³/mol. The molecule has 2 aromatic rings. The van der Waals surface area contributed by atoms with Gasteiger partial charge in [-0.2, -0.15) is 0 Å². The van der Waals surface area contributed by atoms with E-state index in [4.69, 9.17) is 4.74 Å². The Labute approximate surface area is 142 Å². The largest absolute Gasteiger partial charge is 0.481 e. The summed E-state index contributed by atoms with van der Waals surface area (Å²) < 4.78 is 5.62. The molecule has 2 N–H and O–H groups in total. The highest BCUT2D eigenvalue weighted by Crippen LogP contribution is 2.17. The molecule has 0 saturated heterocycles. The highest BCUT2D eigenvalue weighted by atomic mass is 16.5. The molecule has 5 nitrogen and oxygen atoms in total. The van der Waals surface area contributed by atoms with Crippen molar-refractivity contribution in [3.63, 3.8) is 0 Å². The molecule has 2 aromatic carbocycles. The normalized spacial score (nSPS) is 11.5. The Morgan fingerprint density at radius 2 is 1.67 bits per heavy atom. The van der Waals surface area contributed by atoms with Gasteiger partial charge in [-0.05, 0) is 43.7 Å². The first-order valence-electron chi connectivity index (χ1n) is 7.81. The summed E-state index contributed by atoms with van der Waals surface area (Å²) in [5, 5.41) is 5.53. The van der Waals surface area contributed by atoms with Gasteiger partial charge in [-0.1, -0.05) is 29.8 Å². The van der Waals surface area contributed by atoms with Crippen LogP contribution in [0.25, 0.3) is 0 Å². The van der Waals surface area contributed by atoms with Crippen molar-refractivity contribution in [1.29, 1.82) is 0 Å². The summed E-state index contributed by atoms with van der Waals surface area (Å²) in [6.45, 7) is 5.64. The number of benzene rings is 2. The number of aryl methyl sites for hydroxylation is 1. The summed E-state index contributed by atoms with van der Waals surface area (Å²) >= 11 is 0. The van der Waals surface area contributed by atoms with E-state index in [0.29, 0.717) is 18.0 Å². The molecule has 24 heavy (non-hydrogen) atoms. The van der Waals surface area contributed by atoms with Crippen LogP contribution in [0.4, 0.5) is 5.69 Å². The van der Waals surface area contributed by atoms with Crippen molar-refractivity contribution >= 4 is 17.5 Å². The number of carbonyl (C=O) groups is 2. The summed E-state index contributed by atoms with van der Waals surface area (Å²) in [5.74, 6) is 0.260. The van der Waals surface area contributed by atoms with Crippen molar-refractivity contribution in [1.82, 2.24) is 5.32 Å². The zero-order valence-corrected chi connectivity index (χ0v) is 14.1. The van der Waals surface area contributed by atoms with E-state index in [-0.39, 0.29) is 11.8 Å². The number of amides is 2. The second kappa shape index (κ2) is 8.15. The number of hydrogen-bond donors (Lipinski definition) is 2. The van der Waals surface area contributed by atoms with Gasteiger partial charge in [0.15, 0.2) is 6.10 Å². The molecular weight excluding hydrogens is 304 g/mol.